The summed E-state index contributed by atoms with van der Waals surface area (Å²) in [4.78, 5) is 37.8. The largest absolute Gasteiger partial charge is 0.494 e. The Hall–Kier alpha value is -3.09. The van der Waals surface area contributed by atoms with E-state index in [0.29, 0.717) is 29.4 Å². The first-order chi connectivity index (χ1) is 13.4. The summed E-state index contributed by atoms with van der Waals surface area (Å²) in [7, 11) is 0. The van der Waals surface area contributed by atoms with Crippen LogP contribution in [0.3, 0.4) is 0 Å². The molecule has 7 heteroatoms. The molecule has 0 spiro atoms. The minimum Gasteiger partial charge on any atom is -0.494 e. The van der Waals surface area contributed by atoms with E-state index in [1.165, 1.54) is 0 Å². The molecule has 7 nitrogen and oxygen atoms in total. The van der Waals surface area contributed by atoms with Crippen LogP contribution >= 0.6 is 0 Å². The normalized spacial score (nSPS) is 10.5. The molecule has 0 aliphatic rings. The topological polar surface area (TPSA) is 83.8 Å². The van der Waals surface area contributed by atoms with Crippen molar-refractivity contribution in [3.05, 3.63) is 57.0 Å². The molecule has 2 rings (SSSR count). The van der Waals surface area contributed by atoms with E-state index < -0.39 is 17.4 Å². The summed E-state index contributed by atoms with van der Waals surface area (Å²) in [6.45, 7) is 9.25. The summed E-state index contributed by atoms with van der Waals surface area (Å²) in [5.74, 6) is -0.843. The minimum atomic E-state index is -0.768. The summed E-state index contributed by atoms with van der Waals surface area (Å²) in [5, 5.41) is 0. The highest BCUT2D eigenvalue weighted by Gasteiger charge is 2.27. The summed E-state index contributed by atoms with van der Waals surface area (Å²) in [6.07, 6.45) is 0. The SMILES string of the molecule is CCOC(=O)c1c(C)n(-c2ccc(OCC)cc2)c(C)c(C(=O)OCC)c1=O. The zero-order valence-corrected chi connectivity index (χ0v) is 16.8. The number of aromatic nitrogens is 1. The van der Waals surface area contributed by atoms with Gasteiger partial charge in [0.05, 0.1) is 19.8 Å². The highest BCUT2D eigenvalue weighted by atomic mass is 16.5. The van der Waals surface area contributed by atoms with E-state index in [4.69, 9.17) is 14.2 Å². The Kier molecular flexibility index (Phi) is 6.98. The lowest BCUT2D eigenvalue weighted by Gasteiger charge is -2.20. The maximum absolute atomic E-state index is 12.9. The first-order valence-corrected chi connectivity index (χ1v) is 9.20. The van der Waals surface area contributed by atoms with Gasteiger partial charge in [-0.05, 0) is 58.9 Å². The predicted molar refractivity (Wildman–Crippen MR) is 105 cm³/mol. The molecule has 0 bridgehead atoms. The van der Waals surface area contributed by atoms with Crippen molar-refractivity contribution in [3.8, 4) is 11.4 Å². The molecule has 28 heavy (non-hydrogen) atoms. The fourth-order valence-corrected chi connectivity index (χ4v) is 3.06. The molecule has 1 aromatic carbocycles. The lowest BCUT2D eigenvalue weighted by molar-refractivity contribution is 0.0519. The number of carbonyl (C=O) groups excluding carboxylic acids is 2. The second-order valence-electron chi connectivity index (χ2n) is 5.95. The van der Waals surface area contributed by atoms with Gasteiger partial charge >= 0.3 is 11.9 Å². The number of nitrogens with zero attached hydrogens (tertiary/aromatic N) is 1. The van der Waals surface area contributed by atoms with Gasteiger partial charge in [0.2, 0.25) is 5.43 Å². The summed E-state index contributed by atoms with van der Waals surface area (Å²) < 4.78 is 17.2. The maximum atomic E-state index is 12.9. The molecule has 150 valence electrons. The van der Waals surface area contributed by atoms with Gasteiger partial charge in [0.1, 0.15) is 16.9 Å². The van der Waals surface area contributed by atoms with Gasteiger partial charge in [-0.2, -0.15) is 0 Å². The summed E-state index contributed by atoms with van der Waals surface area (Å²) >= 11 is 0. The van der Waals surface area contributed by atoms with Crippen molar-refractivity contribution in [1.82, 2.24) is 4.57 Å². The smallest absolute Gasteiger partial charge is 0.343 e. The van der Waals surface area contributed by atoms with Crippen molar-refractivity contribution < 1.29 is 23.8 Å². The monoisotopic (exact) mass is 387 g/mol. The third-order valence-corrected chi connectivity index (χ3v) is 4.21. The van der Waals surface area contributed by atoms with Gasteiger partial charge in [-0.25, -0.2) is 9.59 Å². The van der Waals surface area contributed by atoms with Gasteiger partial charge in [-0.1, -0.05) is 0 Å². The molecular formula is C21H25NO6. The number of esters is 2. The zero-order valence-electron chi connectivity index (χ0n) is 16.8. The van der Waals surface area contributed by atoms with Crippen LogP contribution in [-0.2, 0) is 9.47 Å². The molecule has 0 amide bonds. The van der Waals surface area contributed by atoms with E-state index in [1.807, 2.05) is 6.92 Å². The highest BCUT2D eigenvalue weighted by Crippen LogP contribution is 2.22. The number of hydrogen-bond acceptors (Lipinski definition) is 6. The first kappa shape index (κ1) is 21.2. The first-order valence-electron chi connectivity index (χ1n) is 9.20. The van der Waals surface area contributed by atoms with Gasteiger partial charge in [0.25, 0.3) is 0 Å². The molecular weight excluding hydrogens is 362 g/mol. The number of rotatable bonds is 7. The van der Waals surface area contributed by atoms with Crippen molar-refractivity contribution in [2.45, 2.75) is 34.6 Å². The van der Waals surface area contributed by atoms with Crippen molar-refractivity contribution in [2.75, 3.05) is 19.8 Å². The van der Waals surface area contributed by atoms with Gasteiger partial charge in [-0.15, -0.1) is 0 Å². The molecule has 1 aromatic heterocycles. The molecule has 0 saturated carbocycles. The third kappa shape index (κ3) is 4.08. The van der Waals surface area contributed by atoms with Crippen LogP contribution in [0.25, 0.3) is 5.69 Å². The molecule has 1 heterocycles. The van der Waals surface area contributed by atoms with Crippen molar-refractivity contribution in [3.63, 3.8) is 0 Å². The van der Waals surface area contributed by atoms with Crippen LogP contribution < -0.4 is 10.2 Å². The Bertz CT molecular complexity index is 879. The van der Waals surface area contributed by atoms with Crippen LogP contribution in [0, 0.1) is 13.8 Å². The average Bonchev–Trinajstić information content (AvgIpc) is 2.63. The zero-order chi connectivity index (χ0) is 20.8. The summed E-state index contributed by atoms with van der Waals surface area (Å²) in [5.41, 5.74) is 0.411. The number of benzene rings is 1. The van der Waals surface area contributed by atoms with Crippen molar-refractivity contribution in [1.29, 1.82) is 0 Å². The number of pyridine rings is 1. The van der Waals surface area contributed by atoms with Gasteiger partial charge < -0.3 is 18.8 Å². The molecule has 0 aliphatic heterocycles. The second kappa shape index (κ2) is 9.21. The fraction of sp³-hybridized carbons (Fsp3) is 0.381. The lowest BCUT2D eigenvalue weighted by atomic mass is 10.0. The van der Waals surface area contributed by atoms with Crippen LogP contribution in [0.1, 0.15) is 52.9 Å². The fourth-order valence-electron chi connectivity index (χ4n) is 3.06. The molecule has 0 atom stereocenters. The third-order valence-electron chi connectivity index (χ3n) is 4.21. The van der Waals surface area contributed by atoms with Gasteiger partial charge in [0, 0.05) is 17.1 Å². The Labute approximate surface area is 163 Å². The molecule has 0 saturated heterocycles. The highest BCUT2D eigenvalue weighted by molar-refractivity contribution is 5.96. The van der Waals surface area contributed by atoms with Gasteiger partial charge in [-0.3, -0.25) is 4.79 Å². The Morgan fingerprint density at radius 2 is 1.29 bits per heavy atom. The Balaban J connectivity index is 2.78. The summed E-state index contributed by atoms with van der Waals surface area (Å²) in [6, 6.07) is 7.15. The maximum Gasteiger partial charge on any atom is 0.343 e. The van der Waals surface area contributed by atoms with E-state index >= 15 is 0 Å². The molecule has 2 aromatic rings. The van der Waals surface area contributed by atoms with Crippen LogP contribution in [0.4, 0.5) is 0 Å². The Morgan fingerprint density at radius 1 is 0.821 bits per heavy atom. The standard InChI is InChI=1S/C21H25NO6/c1-6-26-16-11-9-15(10-12-16)22-13(4)17(20(24)27-7-2)19(23)18(14(22)5)21(25)28-8-3/h9-12H,6-8H2,1-5H3. The predicted octanol–water partition coefficient (Wildman–Crippen LogP) is 3.21. The number of hydrogen-bond donors (Lipinski definition) is 0. The van der Waals surface area contributed by atoms with Crippen LogP contribution in [0.15, 0.2) is 29.1 Å². The van der Waals surface area contributed by atoms with E-state index in [-0.39, 0.29) is 24.3 Å². The lowest BCUT2D eigenvalue weighted by Crippen LogP contribution is -2.31. The number of ether oxygens (including phenoxy) is 3. The van der Waals surface area contributed by atoms with E-state index in [1.54, 1.807) is 56.5 Å². The number of carbonyl (C=O) groups is 2. The van der Waals surface area contributed by atoms with E-state index in [9.17, 15) is 14.4 Å². The van der Waals surface area contributed by atoms with Gasteiger partial charge in [0.15, 0.2) is 0 Å². The molecule has 0 N–H and O–H groups in total. The molecule has 0 aliphatic carbocycles. The van der Waals surface area contributed by atoms with Crippen molar-refractivity contribution >= 4 is 11.9 Å². The second-order valence-corrected chi connectivity index (χ2v) is 5.95. The van der Waals surface area contributed by atoms with Crippen LogP contribution in [-0.4, -0.2) is 36.3 Å². The van der Waals surface area contributed by atoms with E-state index in [0.717, 1.165) is 0 Å². The molecule has 0 fully saturated rings. The van der Waals surface area contributed by atoms with E-state index in [2.05, 4.69) is 0 Å². The van der Waals surface area contributed by atoms with Crippen LogP contribution in [0.2, 0.25) is 0 Å². The quantitative estimate of drug-likeness (QED) is 0.679. The average molecular weight is 387 g/mol. The van der Waals surface area contributed by atoms with Crippen LogP contribution in [0.5, 0.6) is 5.75 Å². The minimum absolute atomic E-state index is 0.114. The molecule has 0 unspecified atom stereocenters. The van der Waals surface area contributed by atoms with Crippen molar-refractivity contribution in [2.24, 2.45) is 0 Å². The Morgan fingerprint density at radius 3 is 1.68 bits per heavy atom. The molecule has 0 radical (unpaired) electrons.